The summed E-state index contributed by atoms with van der Waals surface area (Å²) in [6.45, 7) is 2.98. The minimum atomic E-state index is -1.24. The summed E-state index contributed by atoms with van der Waals surface area (Å²) in [6, 6.07) is 5.06. The molecule has 1 N–H and O–H groups in total. The highest BCUT2D eigenvalue weighted by Gasteiger charge is 2.38. The number of carbonyl (C=O) groups excluding carboxylic acids is 2. The summed E-state index contributed by atoms with van der Waals surface area (Å²) in [5.74, 6) is -2.71. The number of hydrogen-bond donors (Lipinski definition) is 1. The zero-order valence-corrected chi connectivity index (χ0v) is 13.0. The lowest BCUT2D eigenvalue weighted by Crippen LogP contribution is -2.42. The molecule has 0 amide bonds. The molecule has 1 aliphatic heterocycles. The molecule has 0 atom stereocenters. The second-order valence-corrected chi connectivity index (χ2v) is 5.80. The maximum absolute atomic E-state index is 11.7. The maximum atomic E-state index is 11.7. The molecular formula is C13H11BrClNO4. The first-order valence-corrected chi connectivity index (χ1v) is 6.84. The molecule has 0 unspecified atom stereocenters. The van der Waals surface area contributed by atoms with Crippen LogP contribution in [0.5, 0.6) is 0 Å². The van der Waals surface area contributed by atoms with Crippen LogP contribution >= 0.6 is 27.5 Å². The highest BCUT2D eigenvalue weighted by atomic mass is 79.9. The number of anilines is 1. The third kappa shape index (κ3) is 3.32. The van der Waals surface area contributed by atoms with E-state index in [2.05, 4.69) is 21.2 Å². The highest BCUT2D eigenvalue weighted by Crippen LogP contribution is 2.27. The Labute approximate surface area is 129 Å². The van der Waals surface area contributed by atoms with Crippen LogP contribution in [0.2, 0.25) is 5.02 Å². The largest absolute Gasteiger partial charge is 0.419 e. The van der Waals surface area contributed by atoms with Gasteiger partial charge in [0, 0.05) is 29.5 Å². The van der Waals surface area contributed by atoms with Crippen molar-refractivity contribution in [1.29, 1.82) is 0 Å². The number of cyclic esters (lactones) is 2. The minimum absolute atomic E-state index is 0.203. The number of benzene rings is 1. The van der Waals surface area contributed by atoms with Crippen molar-refractivity contribution >= 4 is 45.2 Å². The fourth-order valence-electron chi connectivity index (χ4n) is 1.53. The predicted octanol–water partition coefficient (Wildman–Crippen LogP) is 3.23. The molecule has 0 aliphatic carbocycles. The standard InChI is InChI=1S/C13H11BrClNO4/c1-13(2)19-11(17)8(12(18)20-13)6-16-10-4-3-7(15)5-9(10)14/h3-6,16H,1-2H3. The van der Waals surface area contributed by atoms with Gasteiger partial charge in [0.05, 0.1) is 5.69 Å². The molecule has 0 aromatic heterocycles. The van der Waals surface area contributed by atoms with E-state index in [0.29, 0.717) is 15.2 Å². The van der Waals surface area contributed by atoms with E-state index in [4.69, 9.17) is 21.1 Å². The summed E-state index contributed by atoms with van der Waals surface area (Å²) in [5.41, 5.74) is 0.443. The summed E-state index contributed by atoms with van der Waals surface area (Å²) in [5, 5.41) is 3.39. The van der Waals surface area contributed by atoms with Crippen molar-refractivity contribution in [2.75, 3.05) is 5.32 Å². The molecule has 0 saturated carbocycles. The van der Waals surface area contributed by atoms with Gasteiger partial charge in [-0.2, -0.15) is 0 Å². The van der Waals surface area contributed by atoms with Gasteiger partial charge in [0.2, 0.25) is 0 Å². The van der Waals surface area contributed by atoms with Crippen molar-refractivity contribution in [3.05, 3.63) is 39.5 Å². The molecule has 2 rings (SSSR count). The van der Waals surface area contributed by atoms with Crippen molar-refractivity contribution in [2.45, 2.75) is 19.6 Å². The molecule has 1 saturated heterocycles. The smallest absolute Gasteiger partial charge is 0.350 e. The van der Waals surface area contributed by atoms with Crippen molar-refractivity contribution in [3.8, 4) is 0 Å². The van der Waals surface area contributed by atoms with Crippen LogP contribution in [0.1, 0.15) is 13.8 Å². The lowest BCUT2D eigenvalue weighted by atomic mass is 10.2. The average molecular weight is 361 g/mol. The summed E-state index contributed by atoms with van der Waals surface area (Å²) in [7, 11) is 0. The molecule has 1 aromatic rings. The van der Waals surface area contributed by atoms with Gasteiger partial charge in [-0.3, -0.25) is 0 Å². The van der Waals surface area contributed by atoms with Gasteiger partial charge in [0.1, 0.15) is 0 Å². The number of carbonyl (C=O) groups is 2. The molecule has 20 heavy (non-hydrogen) atoms. The Balaban J connectivity index is 2.19. The molecule has 5 nitrogen and oxygen atoms in total. The van der Waals surface area contributed by atoms with E-state index in [-0.39, 0.29) is 5.57 Å². The molecule has 1 heterocycles. The van der Waals surface area contributed by atoms with Gasteiger partial charge in [-0.25, -0.2) is 9.59 Å². The number of halogens is 2. The molecule has 106 valence electrons. The van der Waals surface area contributed by atoms with E-state index >= 15 is 0 Å². The lowest BCUT2D eigenvalue weighted by Gasteiger charge is -2.29. The highest BCUT2D eigenvalue weighted by molar-refractivity contribution is 9.10. The molecule has 0 bridgehead atoms. The summed E-state index contributed by atoms with van der Waals surface area (Å²) in [4.78, 5) is 23.4. The lowest BCUT2D eigenvalue weighted by molar-refractivity contribution is -0.222. The van der Waals surface area contributed by atoms with Gasteiger partial charge in [0.15, 0.2) is 5.57 Å². The van der Waals surface area contributed by atoms with E-state index in [1.54, 1.807) is 18.2 Å². The maximum Gasteiger partial charge on any atom is 0.350 e. The molecule has 0 spiro atoms. The van der Waals surface area contributed by atoms with E-state index in [1.165, 1.54) is 20.0 Å². The van der Waals surface area contributed by atoms with E-state index in [0.717, 1.165) is 0 Å². The molecule has 1 fully saturated rings. The van der Waals surface area contributed by atoms with Gasteiger partial charge >= 0.3 is 11.9 Å². The van der Waals surface area contributed by atoms with Gasteiger partial charge < -0.3 is 14.8 Å². The van der Waals surface area contributed by atoms with Crippen LogP contribution in [0.15, 0.2) is 34.4 Å². The summed E-state index contributed by atoms with van der Waals surface area (Å²) < 4.78 is 10.6. The van der Waals surface area contributed by atoms with Crippen molar-refractivity contribution in [2.24, 2.45) is 0 Å². The number of ether oxygens (including phenoxy) is 2. The zero-order chi connectivity index (χ0) is 14.9. The van der Waals surface area contributed by atoms with Crippen LogP contribution in [-0.2, 0) is 19.1 Å². The topological polar surface area (TPSA) is 64.6 Å². The fourth-order valence-corrected chi connectivity index (χ4v) is 2.33. The number of rotatable bonds is 2. The second-order valence-electron chi connectivity index (χ2n) is 4.51. The first-order valence-electron chi connectivity index (χ1n) is 5.67. The molecule has 1 aliphatic rings. The van der Waals surface area contributed by atoms with Gasteiger partial charge in [-0.15, -0.1) is 0 Å². The molecular weight excluding hydrogens is 350 g/mol. The van der Waals surface area contributed by atoms with Gasteiger partial charge in [0.25, 0.3) is 5.79 Å². The van der Waals surface area contributed by atoms with E-state index in [9.17, 15) is 9.59 Å². The quantitative estimate of drug-likeness (QED) is 0.498. The Kier molecular flexibility index (Phi) is 4.06. The van der Waals surface area contributed by atoms with Gasteiger partial charge in [-0.05, 0) is 34.1 Å². The van der Waals surface area contributed by atoms with Crippen LogP contribution < -0.4 is 5.32 Å². The summed E-state index contributed by atoms with van der Waals surface area (Å²) in [6.07, 6.45) is 1.24. The van der Waals surface area contributed by atoms with Crippen LogP contribution in [0.4, 0.5) is 5.69 Å². The van der Waals surface area contributed by atoms with Crippen LogP contribution in [0, 0.1) is 0 Å². The normalized spacial score (nSPS) is 17.3. The van der Waals surface area contributed by atoms with E-state index in [1.807, 2.05) is 0 Å². The Morgan fingerprint density at radius 3 is 2.40 bits per heavy atom. The predicted molar refractivity (Wildman–Crippen MR) is 77.1 cm³/mol. The number of nitrogens with one attached hydrogen (secondary N) is 1. The first kappa shape index (κ1) is 14.9. The molecule has 7 heteroatoms. The average Bonchev–Trinajstić information content (AvgIpc) is 2.28. The third-order valence-corrected chi connectivity index (χ3v) is 3.31. The summed E-state index contributed by atoms with van der Waals surface area (Å²) >= 11 is 9.13. The van der Waals surface area contributed by atoms with E-state index < -0.39 is 17.7 Å². The fraction of sp³-hybridized carbons (Fsp3) is 0.231. The SMILES string of the molecule is CC1(C)OC(=O)C(=CNc2ccc(Cl)cc2Br)C(=O)O1. The molecule has 0 radical (unpaired) electrons. The van der Waals surface area contributed by atoms with Crippen LogP contribution in [-0.4, -0.2) is 17.7 Å². The number of esters is 2. The second kappa shape index (κ2) is 5.46. The Bertz CT molecular complexity index is 590. The van der Waals surface area contributed by atoms with Crippen molar-refractivity contribution in [3.63, 3.8) is 0 Å². The van der Waals surface area contributed by atoms with Crippen molar-refractivity contribution < 1.29 is 19.1 Å². The number of hydrogen-bond acceptors (Lipinski definition) is 5. The minimum Gasteiger partial charge on any atom is -0.419 e. The monoisotopic (exact) mass is 359 g/mol. The van der Waals surface area contributed by atoms with Crippen molar-refractivity contribution in [1.82, 2.24) is 0 Å². The Hall–Kier alpha value is -1.53. The van der Waals surface area contributed by atoms with Gasteiger partial charge in [-0.1, -0.05) is 11.6 Å². The first-order chi connectivity index (χ1) is 9.28. The zero-order valence-electron chi connectivity index (χ0n) is 10.7. The van der Waals surface area contributed by atoms with Crippen LogP contribution in [0.3, 0.4) is 0 Å². The third-order valence-electron chi connectivity index (χ3n) is 2.42. The van der Waals surface area contributed by atoms with Crippen LogP contribution in [0.25, 0.3) is 0 Å². The Morgan fingerprint density at radius 1 is 1.25 bits per heavy atom. The molecule has 1 aromatic carbocycles. The Morgan fingerprint density at radius 2 is 1.85 bits per heavy atom.